The highest BCUT2D eigenvalue weighted by molar-refractivity contribution is 7.92. The van der Waals surface area contributed by atoms with Crippen molar-refractivity contribution in [3.8, 4) is 16.9 Å². The quantitative estimate of drug-likeness (QED) is 0.225. The number of nitrogens with one attached hydrogen (secondary N) is 2. The third kappa shape index (κ3) is 5.87. The number of anilines is 1. The molecule has 2 aliphatic carbocycles. The molecule has 236 valence electrons. The van der Waals surface area contributed by atoms with Gasteiger partial charge in [-0.3, -0.25) is 9.59 Å². The lowest BCUT2D eigenvalue weighted by Gasteiger charge is -2.28. The minimum Gasteiger partial charge on any atom is -0.496 e. The van der Waals surface area contributed by atoms with Gasteiger partial charge in [-0.1, -0.05) is 24.3 Å². The van der Waals surface area contributed by atoms with Gasteiger partial charge in [0.15, 0.2) is 0 Å². The fraction of sp³-hybridized carbons (Fsp3) is 0.233. The van der Waals surface area contributed by atoms with E-state index in [1.807, 2.05) is 0 Å². The van der Waals surface area contributed by atoms with Gasteiger partial charge in [0, 0.05) is 23.4 Å². The van der Waals surface area contributed by atoms with Crippen LogP contribution in [0.15, 0.2) is 71.6 Å². The molecule has 0 saturated heterocycles. The lowest BCUT2D eigenvalue weighted by Crippen LogP contribution is -2.47. The lowest BCUT2D eigenvalue weighted by molar-refractivity contribution is -0.121. The fourth-order valence-corrected chi connectivity index (χ4v) is 6.49. The van der Waals surface area contributed by atoms with Crippen molar-refractivity contribution < 1.29 is 54.6 Å². The second kappa shape index (κ2) is 11.6. The van der Waals surface area contributed by atoms with Crippen molar-refractivity contribution in [2.45, 2.75) is 22.9 Å². The summed E-state index contributed by atoms with van der Waals surface area (Å²) in [5, 5.41) is 14.5. The molecule has 0 heterocycles. The molecular formula is C30H23F5N2O7S. The maximum atomic E-state index is 15.1. The number of carbonyl (C=O) groups excluding carboxylic acids is 2. The molecule has 0 unspecified atom stereocenters. The van der Waals surface area contributed by atoms with E-state index in [1.165, 1.54) is 13.2 Å². The number of carboxylic acid groups (broad SMARTS) is 1. The van der Waals surface area contributed by atoms with E-state index in [1.54, 1.807) is 12.2 Å². The third-order valence-corrected chi connectivity index (χ3v) is 9.30. The Balaban J connectivity index is 1.42. The van der Waals surface area contributed by atoms with E-state index in [-0.39, 0.29) is 40.0 Å². The van der Waals surface area contributed by atoms with Crippen LogP contribution in [0.2, 0.25) is 0 Å². The van der Waals surface area contributed by atoms with Gasteiger partial charge in [-0.2, -0.15) is 13.2 Å². The first kappa shape index (κ1) is 31.6. The van der Waals surface area contributed by atoms with Crippen LogP contribution in [-0.4, -0.2) is 50.0 Å². The number of hydrogen-bond donors (Lipinski definition) is 3. The zero-order valence-electron chi connectivity index (χ0n) is 23.1. The molecule has 1 fully saturated rings. The summed E-state index contributed by atoms with van der Waals surface area (Å²) >= 11 is 0. The largest absolute Gasteiger partial charge is 0.501 e. The molecule has 2 aliphatic rings. The summed E-state index contributed by atoms with van der Waals surface area (Å²) in [4.78, 5) is 37.3. The molecule has 15 heteroatoms. The predicted octanol–water partition coefficient (Wildman–Crippen LogP) is 5.19. The normalized spacial score (nSPS) is 20.6. The molecule has 0 spiro atoms. The predicted molar refractivity (Wildman–Crippen MR) is 149 cm³/mol. The summed E-state index contributed by atoms with van der Waals surface area (Å²) in [6, 6.07) is 7.80. The van der Waals surface area contributed by atoms with Crippen LogP contribution in [0.25, 0.3) is 11.1 Å². The van der Waals surface area contributed by atoms with E-state index in [0.717, 1.165) is 42.5 Å². The summed E-state index contributed by atoms with van der Waals surface area (Å²) < 4.78 is 97.0. The maximum Gasteiger partial charge on any atom is 0.501 e. The number of carbonyl (C=O) groups is 3. The monoisotopic (exact) mass is 650 g/mol. The molecule has 3 aromatic rings. The van der Waals surface area contributed by atoms with Gasteiger partial charge in [-0.05, 0) is 60.2 Å². The van der Waals surface area contributed by atoms with E-state index in [0.29, 0.717) is 12.5 Å². The Kier molecular flexibility index (Phi) is 8.16. The van der Waals surface area contributed by atoms with Crippen molar-refractivity contribution in [3.63, 3.8) is 0 Å². The number of aromatic carboxylic acids is 1. The van der Waals surface area contributed by atoms with Crippen LogP contribution in [0.3, 0.4) is 0 Å². The molecule has 0 radical (unpaired) electrons. The van der Waals surface area contributed by atoms with Crippen LogP contribution in [0, 0.1) is 29.4 Å². The van der Waals surface area contributed by atoms with Crippen molar-refractivity contribution in [3.05, 3.63) is 89.5 Å². The highest BCUT2D eigenvalue weighted by Gasteiger charge is 2.49. The molecule has 2 bridgehead atoms. The summed E-state index contributed by atoms with van der Waals surface area (Å²) in [7, 11) is -4.48. The van der Waals surface area contributed by atoms with Gasteiger partial charge in [0.05, 0.1) is 29.1 Å². The lowest BCUT2D eigenvalue weighted by atomic mass is 9.87. The van der Waals surface area contributed by atoms with Crippen LogP contribution in [0.4, 0.5) is 27.6 Å². The standard InChI is InChI=1S/C30H23F5N2O7S/c1-44-24-13-23(32)19(14-7-8-22(31)20(10-14)29(40)41)12-21(24)27(38)37-26-16-6-5-15(9-16)25(26)28(39)36-17-3-2-4-18(11-17)45(42,43)30(33,34)35/h2-8,10-13,15-16,25-26H,9H2,1H3,(H,36,39)(H,37,38)(H,40,41)/t15-,16+,25+,26-/m0/s1. The van der Waals surface area contributed by atoms with Crippen molar-refractivity contribution in [2.75, 3.05) is 12.4 Å². The number of methoxy groups -OCH3 is 1. The van der Waals surface area contributed by atoms with Crippen molar-refractivity contribution in [1.82, 2.24) is 5.32 Å². The molecule has 2 amide bonds. The van der Waals surface area contributed by atoms with Crippen LogP contribution in [0.5, 0.6) is 5.75 Å². The zero-order chi connectivity index (χ0) is 32.8. The van der Waals surface area contributed by atoms with E-state index in [4.69, 9.17) is 4.74 Å². The van der Waals surface area contributed by atoms with Gasteiger partial charge in [0.1, 0.15) is 17.4 Å². The zero-order valence-corrected chi connectivity index (χ0v) is 23.9. The molecule has 0 aromatic heterocycles. The molecule has 5 rings (SSSR count). The second-order valence-electron chi connectivity index (χ2n) is 10.5. The molecular weight excluding hydrogens is 627 g/mol. The molecule has 9 nitrogen and oxygen atoms in total. The highest BCUT2D eigenvalue weighted by Crippen LogP contribution is 2.45. The Hall–Kier alpha value is -4.79. The van der Waals surface area contributed by atoms with Gasteiger partial charge < -0.3 is 20.5 Å². The van der Waals surface area contributed by atoms with Crippen LogP contribution >= 0.6 is 0 Å². The van der Waals surface area contributed by atoms with Gasteiger partial charge in [-0.15, -0.1) is 0 Å². The van der Waals surface area contributed by atoms with Gasteiger partial charge in [-0.25, -0.2) is 22.0 Å². The number of amides is 2. The summed E-state index contributed by atoms with van der Waals surface area (Å²) in [6.45, 7) is 0. The van der Waals surface area contributed by atoms with Crippen molar-refractivity contribution in [2.24, 2.45) is 17.8 Å². The molecule has 4 atom stereocenters. The molecule has 0 aliphatic heterocycles. The summed E-state index contributed by atoms with van der Waals surface area (Å²) in [5.74, 6) is -6.74. The number of halogens is 5. The Morgan fingerprint density at radius 2 is 1.64 bits per heavy atom. The number of fused-ring (bicyclic) bond motifs is 2. The van der Waals surface area contributed by atoms with Crippen molar-refractivity contribution >= 4 is 33.3 Å². The minimum absolute atomic E-state index is 0.0297. The van der Waals surface area contributed by atoms with Gasteiger partial charge >= 0.3 is 11.5 Å². The Morgan fingerprint density at radius 3 is 2.31 bits per heavy atom. The minimum atomic E-state index is -5.67. The third-order valence-electron chi connectivity index (χ3n) is 7.82. The topological polar surface area (TPSA) is 139 Å². The molecule has 45 heavy (non-hydrogen) atoms. The van der Waals surface area contributed by atoms with Gasteiger partial charge in [0.2, 0.25) is 5.91 Å². The van der Waals surface area contributed by atoms with Crippen LogP contribution < -0.4 is 15.4 Å². The number of sulfone groups is 1. The van der Waals surface area contributed by atoms with Crippen molar-refractivity contribution in [1.29, 1.82) is 0 Å². The fourth-order valence-electron chi connectivity index (χ4n) is 5.69. The van der Waals surface area contributed by atoms with E-state index in [2.05, 4.69) is 10.6 Å². The van der Waals surface area contributed by atoms with Gasteiger partial charge in [0.25, 0.3) is 15.7 Å². The first-order valence-corrected chi connectivity index (χ1v) is 14.7. The maximum absolute atomic E-state index is 15.1. The second-order valence-corrected chi connectivity index (χ2v) is 12.4. The van der Waals surface area contributed by atoms with Crippen LogP contribution in [-0.2, 0) is 14.6 Å². The number of hydrogen-bond acceptors (Lipinski definition) is 6. The molecule has 1 saturated carbocycles. The number of alkyl halides is 3. The van der Waals surface area contributed by atoms with Crippen LogP contribution in [0.1, 0.15) is 27.1 Å². The Labute approximate surface area is 252 Å². The summed E-state index contributed by atoms with van der Waals surface area (Å²) in [5.41, 5.74) is -6.88. The smallest absolute Gasteiger partial charge is 0.496 e. The number of ether oxygens (including phenoxy) is 1. The average Bonchev–Trinajstić information content (AvgIpc) is 3.59. The number of rotatable bonds is 8. The SMILES string of the molecule is COc1cc(F)c(-c2ccc(F)c(C(=O)O)c2)cc1C(=O)N[C@@H]1[C@H](C(=O)Nc2cccc(S(=O)(=O)C(F)(F)F)c2)[C@H]2C=C[C@@H]1C2. The number of allylic oxidation sites excluding steroid dienone is 1. The Morgan fingerprint density at radius 1 is 0.933 bits per heavy atom. The molecule has 3 N–H and O–H groups in total. The first-order valence-electron chi connectivity index (χ1n) is 13.2. The highest BCUT2D eigenvalue weighted by atomic mass is 32.2. The van der Waals surface area contributed by atoms with E-state index < -0.39 is 67.2 Å². The molecule has 3 aromatic carbocycles. The first-order chi connectivity index (χ1) is 21.1. The van der Waals surface area contributed by atoms with E-state index in [9.17, 15) is 45.5 Å². The number of carboxylic acids is 1. The average molecular weight is 651 g/mol. The number of benzene rings is 3. The summed E-state index contributed by atoms with van der Waals surface area (Å²) in [6.07, 6.45) is 4.04. The van der Waals surface area contributed by atoms with E-state index >= 15 is 4.39 Å². The Bertz CT molecular complexity index is 1860.